The van der Waals surface area contributed by atoms with Crippen molar-refractivity contribution in [3.05, 3.63) is 30.3 Å². The molecule has 0 fully saturated rings. The van der Waals surface area contributed by atoms with E-state index in [9.17, 15) is 4.79 Å². The van der Waals surface area contributed by atoms with E-state index in [0.29, 0.717) is 21.4 Å². The fraction of sp³-hybridized carbons (Fsp3) is 0.462. The molecule has 0 amide bonds. The van der Waals surface area contributed by atoms with Gasteiger partial charge in [-0.05, 0) is 0 Å². The van der Waals surface area contributed by atoms with Gasteiger partial charge in [-0.25, -0.2) is 0 Å². The average Bonchev–Trinajstić information content (AvgIpc) is 2.23. The number of carbonyl (C=O) groups is 1. The Kier molecular flexibility index (Phi) is 5.96. The van der Waals surface area contributed by atoms with E-state index in [1.807, 2.05) is 25.7 Å². The molecule has 0 spiro atoms. The second-order valence-corrected chi connectivity index (χ2v) is 11.7. The van der Waals surface area contributed by atoms with E-state index in [-0.39, 0.29) is 5.97 Å². The van der Waals surface area contributed by atoms with Gasteiger partial charge in [0.2, 0.25) is 0 Å². The molecular formula is C13H20O2SeSi. The molecule has 1 rings (SSSR count). The van der Waals surface area contributed by atoms with Crippen LogP contribution in [-0.2, 0) is 9.22 Å². The zero-order chi connectivity index (χ0) is 12.7. The zero-order valence-corrected chi connectivity index (χ0v) is 13.4. The van der Waals surface area contributed by atoms with Crippen molar-refractivity contribution in [1.82, 2.24) is 0 Å². The van der Waals surface area contributed by atoms with Crippen LogP contribution in [0.3, 0.4) is 0 Å². The molecule has 0 saturated heterocycles. The van der Waals surface area contributed by atoms with Crippen LogP contribution in [0.5, 0.6) is 0 Å². The van der Waals surface area contributed by atoms with Crippen LogP contribution in [0.2, 0.25) is 25.0 Å². The van der Waals surface area contributed by atoms with Gasteiger partial charge in [0.1, 0.15) is 0 Å². The van der Waals surface area contributed by atoms with Crippen molar-refractivity contribution < 1.29 is 9.22 Å². The van der Waals surface area contributed by atoms with E-state index in [2.05, 4.69) is 24.3 Å². The van der Waals surface area contributed by atoms with Crippen molar-refractivity contribution in [2.45, 2.75) is 37.8 Å². The predicted octanol–water partition coefficient (Wildman–Crippen LogP) is 2.59. The Hall–Kier alpha value is -0.574. The van der Waals surface area contributed by atoms with Crippen LogP contribution in [0.4, 0.5) is 0 Å². The number of rotatable bonds is 6. The molecule has 0 aliphatic rings. The fourth-order valence-electron chi connectivity index (χ4n) is 1.32. The van der Waals surface area contributed by atoms with E-state index in [1.54, 1.807) is 0 Å². The number of hydrogen-bond acceptors (Lipinski definition) is 2. The van der Waals surface area contributed by atoms with Gasteiger partial charge in [0.15, 0.2) is 0 Å². The van der Waals surface area contributed by atoms with Crippen LogP contribution < -0.4 is 4.46 Å². The van der Waals surface area contributed by atoms with E-state index >= 15 is 0 Å². The summed E-state index contributed by atoms with van der Waals surface area (Å²) in [5.41, 5.74) is 0. The quantitative estimate of drug-likeness (QED) is 0.596. The average molecular weight is 315 g/mol. The molecule has 0 unspecified atom stereocenters. The molecule has 0 atom stereocenters. The Bertz CT molecular complexity index is 346. The number of carbonyl (C=O) groups excluding carboxylic acids is 1. The third-order valence-electron chi connectivity index (χ3n) is 1.96. The predicted molar refractivity (Wildman–Crippen MR) is 75.3 cm³/mol. The van der Waals surface area contributed by atoms with Gasteiger partial charge in [-0.2, -0.15) is 0 Å². The zero-order valence-electron chi connectivity index (χ0n) is 10.7. The molecule has 0 saturated carbocycles. The van der Waals surface area contributed by atoms with Gasteiger partial charge >= 0.3 is 111 Å². The van der Waals surface area contributed by atoms with Gasteiger partial charge in [0, 0.05) is 0 Å². The van der Waals surface area contributed by atoms with Gasteiger partial charge < -0.3 is 0 Å². The summed E-state index contributed by atoms with van der Waals surface area (Å²) in [6.07, 6.45) is 1.51. The van der Waals surface area contributed by atoms with Gasteiger partial charge in [-0.15, -0.1) is 0 Å². The normalized spacial score (nSPS) is 11.2. The monoisotopic (exact) mass is 316 g/mol. The Balaban J connectivity index is 2.14. The molecule has 4 heteroatoms. The van der Waals surface area contributed by atoms with Crippen LogP contribution in [0.15, 0.2) is 30.3 Å². The first-order valence-corrected chi connectivity index (χ1v) is 11.3. The molecule has 0 heterocycles. The molecule has 0 aliphatic heterocycles. The fourth-order valence-corrected chi connectivity index (χ4v) is 3.93. The Labute approximate surface area is 111 Å². The number of hydrogen-bond donors (Lipinski definition) is 0. The molecular weight excluding hydrogens is 295 g/mol. The SMILES string of the molecule is C[Si](C)(C)OC(=O)CCC[Se]c1ccccc1. The third kappa shape index (κ3) is 7.37. The minimum atomic E-state index is -1.69. The van der Waals surface area contributed by atoms with E-state index in [4.69, 9.17) is 4.43 Å². The van der Waals surface area contributed by atoms with Crippen LogP contribution in [0.25, 0.3) is 0 Å². The summed E-state index contributed by atoms with van der Waals surface area (Å²) in [6, 6.07) is 10.5. The van der Waals surface area contributed by atoms with Crippen molar-refractivity contribution in [2.24, 2.45) is 0 Å². The molecule has 17 heavy (non-hydrogen) atoms. The van der Waals surface area contributed by atoms with E-state index in [0.717, 1.165) is 11.7 Å². The topological polar surface area (TPSA) is 26.3 Å². The Morgan fingerprint density at radius 3 is 2.47 bits per heavy atom. The summed E-state index contributed by atoms with van der Waals surface area (Å²) in [6.45, 7) is 6.12. The van der Waals surface area contributed by atoms with Crippen LogP contribution in [-0.4, -0.2) is 29.2 Å². The second kappa shape index (κ2) is 6.99. The summed E-state index contributed by atoms with van der Waals surface area (Å²) in [4.78, 5) is 11.5. The molecule has 1 aromatic rings. The van der Waals surface area contributed by atoms with Crippen molar-refractivity contribution >= 4 is 33.7 Å². The van der Waals surface area contributed by atoms with Crippen molar-refractivity contribution in [3.8, 4) is 0 Å². The van der Waals surface area contributed by atoms with Crippen molar-refractivity contribution in [2.75, 3.05) is 0 Å². The van der Waals surface area contributed by atoms with Crippen LogP contribution in [0, 0.1) is 0 Å². The molecule has 2 nitrogen and oxygen atoms in total. The minimum absolute atomic E-state index is 0.0203. The molecule has 1 aromatic carbocycles. The van der Waals surface area contributed by atoms with Crippen molar-refractivity contribution in [1.29, 1.82) is 0 Å². The van der Waals surface area contributed by atoms with E-state index in [1.165, 1.54) is 4.46 Å². The van der Waals surface area contributed by atoms with Crippen LogP contribution in [0.1, 0.15) is 12.8 Å². The van der Waals surface area contributed by atoms with Gasteiger partial charge in [0.25, 0.3) is 0 Å². The van der Waals surface area contributed by atoms with E-state index < -0.39 is 8.32 Å². The number of benzene rings is 1. The summed E-state index contributed by atoms with van der Waals surface area (Å²) >= 11 is 0.487. The van der Waals surface area contributed by atoms with Gasteiger partial charge in [0.05, 0.1) is 0 Å². The van der Waals surface area contributed by atoms with Crippen LogP contribution >= 0.6 is 0 Å². The Morgan fingerprint density at radius 1 is 1.24 bits per heavy atom. The summed E-state index contributed by atoms with van der Waals surface area (Å²) in [7, 11) is -1.69. The maximum atomic E-state index is 11.5. The van der Waals surface area contributed by atoms with Crippen molar-refractivity contribution in [3.63, 3.8) is 0 Å². The third-order valence-corrected chi connectivity index (χ3v) is 5.10. The molecule has 0 N–H and O–H groups in total. The summed E-state index contributed by atoms with van der Waals surface area (Å²) in [5, 5.41) is 1.11. The summed E-state index contributed by atoms with van der Waals surface area (Å²) in [5.74, 6) is -0.0203. The molecule has 0 aliphatic carbocycles. The molecule has 0 bridgehead atoms. The Morgan fingerprint density at radius 2 is 1.88 bits per heavy atom. The molecule has 0 radical (unpaired) electrons. The standard InChI is InChI=1S/C13H20O2SeSi/c1-17(2,3)15-13(14)10-7-11-16-12-8-5-4-6-9-12/h4-6,8-9H,7,10-11H2,1-3H3. The van der Waals surface area contributed by atoms with Gasteiger partial charge in [-0.1, -0.05) is 0 Å². The first kappa shape index (κ1) is 14.5. The first-order valence-electron chi connectivity index (χ1n) is 5.87. The first-order chi connectivity index (χ1) is 7.97. The second-order valence-electron chi connectivity index (χ2n) is 4.85. The summed E-state index contributed by atoms with van der Waals surface area (Å²) < 4.78 is 6.80. The molecule has 0 aromatic heterocycles. The van der Waals surface area contributed by atoms with Gasteiger partial charge in [-0.3, -0.25) is 0 Å². The maximum absolute atomic E-state index is 11.5. The molecule has 94 valence electrons.